The van der Waals surface area contributed by atoms with Crippen molar-refractivity contribution in [1.82, 2.24) is 15.0 Å². The molecule has 1 aliphatic rings. The Bertz CT molecular complexity index is 918. The van der Waals surface area contributed by atoms with Crippen molar-refractivity contribution in [3.05, 3.63) is 40.8 Å². The molecule has 0 atom stereocenters. The molecule has 1 fully saturated rings. The normalized spacial score (nSPS) is 13.7. The topological polar surface area (TPSA) is 57.1 Å². The molecule has 0 bridgehead atoms. The van der Waals surface area contributed by atoms with Gasteiger partial charge in [0.25, 0.3) is 0 Å². The molecule has 2 heterocycles. The minimum atomic E-state index is 0.230. The first-order valence-corrected chi connectivity index (χ1v) is 9.58. The molecule has 1 aromatic carbocycles. The fourth-order valence-electron chi connectivity index (χ4n) is 2.80. The van der Waals surface area contributed by atoms with E-state index in [1.54, 1.807) is 31.8 Å². The van der Waals surface area contributed by atoms with Crippen molar-refractivity contribution in [2.75, 3.05) is 14.2 Å². The first-order chi connectivity index (χ1) is 12.7. The van der Waals surface area contributed by atoms with Crippen LogP contribution in [0.5, 0.6) is 11.5 Å². The van der Waals surface area contributed by atoms with Gasteiger partial charge in [-0.25, -0.2) is 15.0 Å². The van der Waals surface area contributed by atoms with Gasteiger partial charge in [0.2, 0.25) is 5.28 Å². The van der Waals surface area contributed by atoms with Gasteiger partial charge in [0, 0.05) is 24.2 Å². The Balaban J connectivity index is 1.84. The number of benzene rings is 1. The van der Waals surface area contributed by atoms with E-state index in [9.17, 15) is 0 Å². The predicted molar refractivity (Wildman–Crippen MR) is 103 cm³/mol. The standard InChI is InChI=1S/C19H18ClN3O2S/c1-24-13-8-12(9-14(10-13)25-2)17-18(15-5-6-21-19(20)22-15)26-16(23-17)7-11-3-4-11/h5-6,8-11H,3-4,7H2,1-2H3. The molecular weight excluding hydrogens is 370 g/mol. The summed E-state index contributed by atoms with van der Waals surface area (Å²) >= 11 is 7.68. The molecule has 26 heavy (non-hydrogen) atoms. The maximum absolute atomic E-state index is 6.01. The van der Waals surface area contributed by atoms with Gasteiger partial charge in [0.15, 0.2) is 0 Å². The molecule has 0 N–H and O–H groups in total. The van der Waals surface area contributed by atoms with E-state index in [1.807, 2.05) is 24.3 Å². The highest BCUT2D eigenvalue weighted by Crippen LogP contribution is 2.41. The smallest absolute Gasteiger partial charge is 0.222 e. The lowest BCUT2D eigenvalue weighted by molar-refractivity contribution is 0.394. The van der Waals surface area contributed by atoms with Gasteiger partial charge in [-0.2, -0.15) is 0 Å². The molecule has 1 aliphatic carbocycles. The van der Waals surface area contributed by atoms with Crippen molar-refractivity contribution < 1.29 is 9.47 Å². The van der Waals surface area contributed by atoms with Gasteiger partial charge in [-0.1, -0.05) is 0 Å². The first-order valence-electron chi connectivity index (χ1n) is 8.38. The quantitative estimate of drug-likeness (QED) is 0.563. The van der Waals surface area contributed by atoms with E-state index in [0.717, 1.165) is 50.7 Å². The molecule has 0 unspecified atom stereocenters. The van der Waals surface area contributed by atoms with Gasteiger partial charge in [0.1, 0.15) is 11.5 Å². The number of methoxy groups -OCH3 is 2. The second-order valence-corrected chi connectivity index (χ2v) is 7.67. The molecule has 0 amide bonds. The Morgan fingerprint density at radius 3 is 2.46 bits per heavy atom. The molecule has 0 spiro atoms. The molecule has 0 aliphatic heterocycles. The minimum Gasteiger partial charge on any atom is -0.497 e. The zero-order valence-corrected chi connectivity index (χ0v) is 16.1. The molecule has 4 rings (SSSR count). The Labute approximate surface area is 161 Å². The molecule has 0 saturated heterocycles. The maximum atomic E-state index is 6.01. The van der Waals surface area contributed by atoms with Crippen molar-refractivity contribution in [3.63, 3.8) is 0 Å². The molecule has 0 radical (unpaired) electrons. The molecule has 1 saturated carbocycles. The summed E-state index contributed by atoms with van der Waals surface area (Å²) in [7, 11) is 3.28. The van der Waals surface area contributed by atoms with Gasteiger partial charge < -0.3 is 9.47 Å². The first kappa shape index (κ1) is 17.2. The number of nitrogens with zero attached hydrogens (tertiary/aromatic N) is 3. The van der Waals surface area contributed by atoms with Crippen molar-refractivity contribution in [1.29, 1.82) is 0 Å². The van der Waals surface area contributed by atoms with E-state index in [0.29, 0.717) is 0 Å². The average Bonchev–Trinajstić information content (AvgIpc) is 3.37. The molecule has 3 aromatic rings. The van der Waals surface area contributed by atoms with Gasteiger partial charge in [-0.15, -0.1) is 11.3 Å². The van der Waals surface area contributed by atoms with Crippen molar-refractivity contribution in [2.45, 2.75) is 19.3 Å². The fourth-order valence-corrected chi connectivity index (χ4v) is 4.11. The van der Waals surface area contributed by atoms with E-state index in [1.165, 1.54) is 12.8 Å². The monoisotopic (exact) mass is 387 g/mol. The van der Waals surface area contributed by atoms with Crippen LogP contribution in [0.3, 0.4) is 0 Å². The number of thiazole rings is 1. The summed E-state index contributed by atoms with van der Waals surface area (Å²) in [5.41, 5.74) is 2.59. The van der Waals surface area contributed by atoms with Crippen LogP contribution in [0.1, 0.15) is 17.8 Å². The second-order valence-electron chi connectivity index (χ2n) is 6.25. The zero-order valence-electron chi connectivity index (χ0n) is 14.5. The zero-order chi connectivity index (χ0) is 18.1. The summed E-state index contributed by atoms with van der Waals surface area (Å²) in [5, 5.41) is 1.35. The Hall–Kier alpha value is -2.18. The SMILES string of the molecule is COc1cc(OC)cc(-c2nc(CC3CC3)sc2-c2ccnc(Cl)n2)c1. The van der Waals surface area contributed by atoms with E-state index in [-0.39, 0.29) is 5.28 Å². The van der Waals surface area contributed by atoms with Crippen LogP contribution in [0.2, 0.25) is 5.28 Å². The molecule has 2 aromatic heterocycles. The van der Waals surface area contributed by atoms with Crippen LogP contribution in [0, 0.1) is 5.92 Å². The van der Waals surface area contributed by atoms with Crippen LogP contribution < -0.4 is 9.47 Å². The number of hydrogen-bond acceptors (Lipinski definition) is 6. The highest BCUT2D eigenvalue weighted by molar-refractivity contribution is 7.15. The molecular formula is C19H18ClN3O2S. The third-order valence-electron chi connectivity index (χ3n) is 4.32. The average molecular weight is 388 g/mol. The summed E-state index contributed by atoms with van der Waals surface area (Å²) in [6.45, 7) is 0. The van der Waals surface area contributed by atoms with Gasteiger partial charge in [-0.05, 0) is 48.6 Å². The number of ether oxygens (including phenoxy) is 2. The fraction of sp³-hybridized carbons (Fsp3) is 0.316. The van der Waals surface area contributed by atoms with Crippen LogP contribution in [-0.4, -0.2) is 29.2 Å². The summed E-state index contributed by atoms with van der Waals surface area (Å²) in [5.74, 6) is 2.21. The van der Waals surface area contributed by atoms with Gasteiger partial charge in [-0.3, -0.25) is 0 Å². The third-order valence-corrected chi connectivity index (χ3v) is 5.60. The lowest BCUT2D eigenvalue weighted by Gasteiger charge is -2.08. The summed E-state index contributed by atoms with van der Waals surface area (Å²) in [6, 6.07) is 7.64. The van der Waals surface area contributed by atoms with E-state index < -0.39 is 0 Å². The maximum Gasteiger partial charge on any atom is 0.222 e. The summed E-state index contributed by atoms with van der Waals surface area (Å²) in [6.07, 6.45) is 5.26. The summed E-state index contributed by atoms with van der Waals surface area (Å²) in [4.78, 5) is 14.3. The van der Waals surface area contributed by atoms with E-state index in [2.05, 4.69) is 9.97 Å². The Morgan fingerprint density at radius 1 is 1.12 bits per heavy atom. The van der Waals surface area contributed by atoms with Crippen LogP contribution in [-0.2, 0) is 6.42 Å². The van der Waals surface area contributed by atoms with Crippen LogP contribution in [0.25, 0.3) is 21.8 Å². The number of halogens is 1. The van der Waals surface area contributed by atoms with E-state index >= 15 is 0 Å². The molecule has 134 valence electrons. The third kappa shape index (κ3) is 3.66. The lowest BCUT2D eigenvalue weighted by atomic mass is 10.1. The number of aromatic nitrogens is 3. The van der Waals surface area contributed by atoms with Crippen molar-refractivity contribution in [3.8, 4) is 33.3 Å². The van der Waals surface area contributed by atoms with Gasteiger partial charge in [0.05, 0.1) is 35.5 Å². The Kier molecular flexibility index (Phi) is 4.78. The van der Waals surface area contributed by atoms with Crippen molar-refractivity contribution >= 4 is 22.9 Å². The largest absolute Gasteiger partial charge is 0.497 e. The van der Waals surface area contributed by atoms with Gasteiger partial charge >= 0.3 is 0 Å². The highest BCUT2D eigenvalue weighted by Gasteiger charge is 2.25. The highest BCUT2D eigenvalue weighted by atomic mass is 35.5. The lowest BCUT2D eigenvalue weighted by Crippen LogP contribution is -1.92. The van der Waals surface area contributed by atoms with Crippen molar-refractivity contribution in [2.24, 2.45) is 5.92 Å². The number of hydrogen-bond donors (Lipinski definition) is 0. The molecule has 7 heteroatoms. The van der Waals surface area contributed by atoms with E-state index in [4.69, 9.17) is 26.1 Å². The predicted octanol–water partition coefficient (Wildman–Crippen LogP) is 4.89. The summed E-state index contributed by atoms with van der Waals surface area (Å²) < 4.78 is 10.8. The molecule has 5 nitrogen and oxygen atoms in total. The minimum absolute atomic E-state index is 0.230. The van der Waals surface area contributed by atoms with Crippen LogP contribution >= 0.6 is 22.9 Å². The van der Waals surface area contributed by atoms with Crippen LogP contribution in [0.15, 0.2) is 30.5 Å². The van der Waals surface area contributed by atoms with Crippen LogP contribution in [0.4, 0.5) is 0 Å². The second kappa shape index (κ2) is 7.21. The Morgan fingerprint density at radius 2 is 1.85 bits per heavy atom. The number of rotatable bonds is 6.